The summed E-state index contributed by atoms with van der Waals surface area (Å²) in [5.74, 6) is 0.197. The van der Waals surface area contributed by atoms with Crippen LogP contribution in [-0.4, -0.2) is 48.7 Å². The van der Waals surface area contributed by atoms with Crippen molar-refractivity contribution in [2.75, 3.05) is 18.1 Å². The van der Waals surface area contributed by atoms with Crippen LogP contribution in [0.15, 0.2) is 49.2 Å². The molecule has 0 saturated carbocycles. The molecule has 0 saturated heterocycles. The van der Waals surface area contributed by atoms with E-state index in [4.69, 9.17) is 23.2 Å². The fourth-order valence-electron chi connectivity index (χ4n) is 3.14. The Labute approximate surface area is 181 Å². The molecule has 0 unspecified atom stereocenters. The molecule has 8 nitrogen and oxygen atoms in total. The summed E-state index contributed by atoms with van der Waals surface area (Å²) in [5, 5.41) is 10.3. The van der Waals surface area contributed by atoms with Gasteiger partial charge in [0.1, 0.15) is 28.0 Å². The Bertz CT molecular complexity index is 1210. The van der Waals surface area contributed by atoms with E-state index in [-0.39, 0.29) is 29.0 Å². The standard InChI is InChI=1S/C20H16Cl2N6O2/c1-12-23-9-15(10-24-12)27-5-4-13-8-14(2-3-16(13)27)28(6-7-29)20(30)17-18(21)25-11-26-19(17)22/h2-5,8-11,29H,6-7H2,1H3. The Balaban J connectivity index is 1.75. The van der Waals surface area contributed by atoms with Crippen LogP contribution in [0.5, 0.6) is 0 Å². The second-order valence-corrected chi connectivity index (χ2v) is 7.14. The SMILES string of the molecule is Cc1ncc(-n2ccc3cc(N(CCO)C(=O)c4c(Cl)ncnc4Cl)ccc32)cn1. The van der Waals surface area contributed by atoms with E-state index in [0.717, 1.165) is 16.6 Å². The van der Waals surface area contributed by atoms with E-state index >= 15 is 0 Å². The number of halogens is 2. The van der Waals surface area contributed by atoms with Crippen LogP contribution in [0.3, 0.4) is 0 Å². The molecule has 0 radical (unpaired) electrons. The van der Waals surface area contributed by atoms with Gasteiger partial charge in [0.25, 0.3) is 5.91 Å². The number of fused-ring (bicyclic) bond motifs is 1. The minimum Gasteiger partial charge on any atom is -0.395 e. The molecule has 4 aromatic rings. The van der Waals surface area contributed by atoms with E-state index in [9.17, 15) is 9.90 Å². The number of aliphatic hydroxyl groups is 1. The highest BCUT2D eigenvalue weighted by molar-refractivity contribution is 6.39. The molecule has 0 spiro atoms. The zero-order chi connectivity index (χ0) is 21.3. The third-order valence-corrected chi connectivity index (χ3v) is 5.14. The number of aromatic nitrogens is 5. The van der Waals surface area contributed by atoms with E-state index in [1.807, 2.05) is 35.9 Å². The average Bonchev–Trinajstić information content (AvgIpc) is 3.15. The second kappa shape index (κ2) is 8.35. The number of hydrogen-bond acceptors (Lipinski definition) is 6. The van der Waals surface area contributed by atoms with Crippen LogP contribution >= 0.6 is 23.2 Å². The monoisotopic (exact) mass is 442 g/mol. The summed E-state index contributed by atoms with van der Waals surface area (Å²) in [6.45, 7) is 1.64. The molecule has 0 bridgehead atoms. The van der Waals surface area contributed by atoms with Gasteiger partial charge in [-0.05, 0) is 31.2 Å². The number of carbonyl (C=O) groups excluding carboxylic acids is 1. The third-order valence-electron chi connectivity index (χ3n) is 4.57. The van der Waals surface area contributed by atoms with Gasteiger partial charge in [-0.15, -0.1) is 0 Å². The van der Waals surface area contributed by atoms with Crippen LogP contribution in [0.25, 0.3) is 16.6 Å². The lowest BCUT2D eigenvalue weighted by molar-refractivity contribution is 0.0980. The molecule has 0 aliphatic rings. The number of aliphatic hydroxyl groups excluding tert-OH is 1. The molecule has 3 aromatic heterocycles. The number of carbonyl (C=O) groups is 1. The smallest absolute Gasteiger partial charge is 0.264 e. The van der Waals surface area contributed by atoms with Gasteiger partial charge in [0.2, 0.25) is 0 Å². The number of anilines is 1. The molecule has 0 aliphatic heterocycles. The van der Waals surface area contributed by atoms with E-state index in [2.05, 4.69) is 19.9 Å². The number of nitrogens with zero attached hydrogens (tertiary/aromatic N) is 6. The molecule has 0 atom stereocenters. The van der Waals surface area contributed by atoms with E-state index in [1.54, 1.807) is 18.5 Å². The highest BCUT2D eigenvalue weighted by Crippen LogP contribution is 2.28. The predicted octanol–water partition coefficient (Wildman–Crippen LogP) is 3.46. The first-order valence-corrected chi connectivity index (χ1v) is 9.74. The number of aryl methyl sites for hydroxylation is 1. The molecule has 1 aromatic carbocycles. The van der Waals surface area contributed by atoms with Gasteiger partial charge in [-0.1, -0.05) is 23.2 Å². The van der Waals surface area contributed by atoms with Crippen LogP contribution in [0.1, 0.15) is 16.2 Å². The van der Waals surface area contributed by atoms with Gasteiger partial charge in [0, 0.05) is 23.8 Å². The van der Waals surface area contributed by atoms with E-state index < -0.39 is 5.91 Å². The first-order valence-electron chi connectivity index (χ1n) is 8.98. The lowest BCUT2D eigenvalue weighted by atomic mass is 10.2. The zero-order valence-electron chi connectivity index (χ0n) is 15.8. The van der Waals surface area contributed by atoms with Crippen molar-refractivity contribution < 1.29 is 9.90 Å². The van der Waals surface area contributed by atoms with Crippen LogP contribution < -0.4 is 4.90 Å². The summed E-state index contributed by atoms with van der Waals surface area (Å²) in [4.78, 5) is 30.6. The zero-order valence-corrected chi connectivity index (χ0v) is 17.3. The normalized spacial score (nSPS) is 11.1. The summed E-state index contributed by atoms with van der Waals surface area (Å²) in [7, 11) is 0. The van der Waals surface area contributed by atoms with Crippen molar-refractivity contribution in [1.82, 2.24) is 24.5 Å². The second-order valence-electron chi connectivity index (χ2n) is 6.43. The van der Waals surface area contributed by atoms with Gasteiger partial charge in [0.05, 0.1) is 30.2 Å². The first kappa shape index (κ1) is 20.2. The predicted molar refractivity (Wildman–Crippen MR) is 114 cm³/mol. The quantitative estimate of drug-likeness (QED) is 0.475. The summed E-state index contributed by atoms with van der Waals surface area (Å²) >= 11 is 12.1. The van der Waals surface area contributed by atoms with E-state index in [1.165, 1.54) is 11.2 Å². The first-order chi connectivity index (χ1) is 14.5. The van der Waals surface area contributed by atoms with Crippen molar-refractivity contribution >= 4 is 45.7 Å². The van der Waals surface area contributed by atoms with Crippen molar-refractivity contribution in [2.45, 2.75) is 6.92 Å². The Morgan fingerprint density at radius 2 is 1.80 bits per heavy atom. The van der Waals surface area contributed by atoms with Crippen molar-refractivity contribution in [3.05, 3.63) is 70.9 Å². The Kier molecular flexibility index (Phi) is 5.63. The molecular weight excluding hydrogens is 427 g/mol. The van der Waals surface area contributed by atoms with Crippen molar-refractivity contribution in [1.29, 1.82) is 0 Å². The average molecular weight is 443 g/mol. The van der Waals surface area contributed by atoms with Crippen molar-refractivity contribution in [2.24, 2.45) is 0 Å². The Morgan fingerprint density at radius 1 is 1.10 bits per heavy atom. The maximum Gasteiger partial charge on any atom is 0.264 e. The van der Waals surface area contributed by atoms with Crippen molar-refractivity contribution in [3.8, 4) is 5.69 Å². The maximum absolute atomic E-state index is 13.1. The summed E-state index contributed by atoms with van der Waals surface area (Å²) in [6, 6.07) is 7.44. The largest absolute Gasteiger partial charge is 0.395 e. The fourth-order valence-corrected chi connectivity index (χ4v) is 3.61. The maximum atomic E-state index is 13.1. The van der Waals surface area contributed by atoms with Crippen LogP contribution in [0, 0.1) is 6.92 Å². The topological polar surface area (TPSA) is 97.0 Å². The minimum atomic E-state index is -0.495. The van der Waals surface area contributed by atoms with Crippen LogP contribution in [0.4, 0.5) is 5.69 Å². The molecular formula is C20H16Cl2N6O2. The molecule has 30 heavy (non-hydrogen) atoms. The molecule has 4 rings (SSSR count). The molecule has 3 heterocycles. The van der Waals surface area contributed by atoms with Gasteiger partial charge in [-0.2, -0.15) is 0 Å². The number of amides is 1. The van der Waals surface area contributed by atoms with Gasteiger partial charge in [0.15, 0.2) is 0 Å². The van der Waals surface area contributed by atoms with Gasteiger partial charge < -0.3 is 14.6 Å². The summed E-state index contributed by atoms with van der Waals surface area (Å²) < 4.78 is 1.95. The van der Waals surface area contributed by atoms with Crippen LogP contribution in [0.2, 0.25) is 10.3 Å². The summed E-state index contributed by atoms with van der Waals surface area (Å²) in [6.07, 6.45) is 6.58. The molecule has 10 heteroatoms. The highest BCUT2D eigenvalue weighted by atomic mass is 35.5. The molecule has 1 N–H and O–H groups in total. The molecule has 152 valence electrons. The fraction of sp³-hybridized carbons (Fsp3) is 0.150. The lowest BCUT2D eigenvalue weighted by Gasteiger charge is -2.22. The molecule has 1 amide bonds. The van der Waals surface area contributed by atoms with Gasteiger partial charge in [-0.25, -0.2) is 19.9 Å². The van der Waals surface area contributed by atoms with Gasteiger partial charge >= 0.3 is 0 Å². The van der Waals surface area contributed by atoms with Crippen molar-refractivity contribution in [3.63, 3.8) is 0 Å². The Hall–Kier alpha value is -3.07. The number of rotatable bonds is 5. The third kappa shape index (κ3) is 3.72. The van der Waals surface area contributed by atoms with Gasteiger partial charge in [-0.3, -0.25) is 4.79 Å². The lowest BCUT2D eigenvalue weighted by Crippen LogP contribution is -2.34. The Morgan fingerprint density at radius 3 is 2.47 bits per heavy atom. The molecule has 0 aliphatic carbocycles. The van der Waals surface area contributed by atoms with E-state index in [0.29, 0.717) is 11.5 Å². The summed E-state index contributed by atoms with van der Waals surface area (Å²) in [5.41, 5.74) is 2.31. The van der Waals surface area contributed by atoms with Crippen LogP contribution in [-0.2, 0) is 0 Å². The molecule has 0 fully saturated rings. The number of benzene rings is 1. The number of hydrogen-bond donors (Lipinski definition) is 1. The minimum absolute atomic E-state index is 0.0104. The highest BCUT2D eigenvalue weighted by Gasteiger charge is 2.24.